The minimum atomic E-state index is -0.461. The van der Waals surface area contributed by atoms with Crippen molar-refractivity contribution in [2.75, 3.05) is 13.6 Å². The second-order valence-corrected chi connectivity index (χ2v) is 7.04. The van der Waals surface area contributed by atoms with Gasteiger partial charge in [-0.2, -0.15) is 0 Å². The third kappa shape index (κ3) is 3.95. The van der Waals surface area contributed by atoms with Crippen molar-refractivity contribution >= 4 is 33.2 Å². The summed E-state index contributed by atoms with van der Waals surface area (Å²) in [6.45, 7) is 4.52. The quantitative estimate of drug-likeness (QED) is 0.781. The van der Waals surface area contributed by atoms with Crippen LogP contribution in [-0.4, -0.2) is 28.7 Å². The Labute approximate surface area is 103 Å². The van der Waals surface area contributed by atoms with Crippen LogP contribution in [-0.2, 0) is 11.2 Å². The molecule has 0 spiro atoms. The van der Waals surface area contributed by atoms with Gasteiger partial charge in [-0.3, -0.25) is 4.79 Å². The predicted molar refractivity (Wildman–Crippen MR) is 68.7 cm³/mol. The Morgan fingerprint density at radius 1 is 1.60 bits per heavy atom. The Balaban J connectivity index is 2.43. The highest BCUT2D eigenvalue weighted by atomic mass is 79.9. The summed E-state index contributed by atoms with van der Waals surface area (Å²) in [5.74, 6) is 0.124. The van der Waals surface area contributed by atoms with Crippen LogP contribution in [0.25, 0.3) is 0 Å². The third-order valence-corrected chi connectivity index (χ3v) is 3.40. The van der Waals surface area contributed by atoms with Crippen LogP contribution in [0.15, 0.2) is 17.5 Å². The van der Waals surface area contributed by atoms with Crippen LogP contribution in [0, 0.1) is 0 Å². The van der Waals surface area contributed by atoms with Crippen LogP contribution in [0.4, 0.5) is 0 Å². The molecule has 4 heteroatoms. The lowest BCUT2D eigenvalue weighted by Gasteiger charge is -2.24. The summed E-state index contributed by atoms with van der Waals surface area (Å²) in [7, 11) is 1.85. The molecule has 0 N–H and O–H groups in total. The fraction of sp³-hybridized carbons (Fsp3) is 0.545. The summed E-state index contributed by atoms with van der Waals surface area (Å²) in [6.07, 6.45) is 0.934. The van der Waals surface area contributed by atoms with E-state index in [1.165, 1.54) is 4.88 Å². The van der Waals surface area contributed by atoms with Gasteiger partial charge in [0, 0.05) is 18.5 Å². The number of alkyl halides is 1. The van der Waals surface area contributed by atoms with Crippen molar-refractivity contribution in [2.24, 2.45) is 0 Å². The van der Waals surface area contributed by atoms with Crippen molar-refractivity contribution < 1.29 is 4.79 Å². The van der Waals surface area contributed by atoms with Gasteiger partial charge in [-0.1, -0.05) is 22.0 Å². The summed E-state index contributed by atoms with van der Waals surface area (Å²) in [4.78, 5) is 14.9. The Kier molecular flexibility index (Phi) is 4.34. The molecule has 1 amide bonds. The topological polar surface area (TPSA) is 20.3 Å². The zero-order valence-electron chi connectivity index (χ0n) is 9.29. The monoisotopic (exact) mass is 289 g/mol. The average Bonchev–Trinajstić information content (AvgIpc) is 2.63. The molecule has 0 fully saturated rings. The lowest BCUT2D eigenvalue weighted by atomic mass is 10.2. The number of amides is 1. The number of halogens is 1. The molecule has 0 aliphatic carbocycles. The number of thiophene rings is 1. The van der Waals surface area contributed by atoms with E-state index < -0.39 is 4.32 Å². The molecule has 0 aromatic carbocycles. The molecule has 2 nitrogen and oxygen atoms in total. The van der Waals surface area contributed by atoms with Crippen LogP contribution in [0.5, 0.6) is 0 Å². The minimum Gasteiger partial charge on any atom is -0.344 e. The van der Waals surface area contributed by atoms with Gasteiger partial charge >= 0.3 is 0 Å². The first-order valence-electron chi connectivity index (χ1n) is 4.88. The lowest BCUT2D eigenvalue weighted by Crippen LogP contribution is -2.40. The number of carbonyl (C=O) groups excluding carboxylic acids is 1. The van der Waals surface area contributed by atoms with Crippen LogP contribution >= 0.6 is 27.3 Å². The molecule has 0 aliphatic rings. The molecule has 1 heterocycles. The molecular formula is C11H16BrNOS. The van der Waals surface area contributed by atoms with Gasteiger partial charge in [0.1, 0.15) is 0 Å². The third-order valence-electron chi connectivity index (χ3n) is 2.13. The maximum atomic E-state index is 11.8. The molecule has 0 saturated heterocycles. The van der Waals surface area contributed by atoms with Gasteiger partial charge in [0.05, 0.1) is 4.32 Å². The fourth-order valence-electron chi connectivity index (χ4n) is 1.29. The second-order valence-electron chi connectivity index (χ2n) is 4.03. The van der Waals surface area contributed by atoms with Crippen LogP contribution in [0.2, 0.25) is 0 Å². The SMILES string of the molecule is CN(CCc1cccs1)C(=O)C(C)(C)Br. The Hall–Kier alpha value is -0.350. The number of nitrogens with zero attached hydrogens (tertiary/aromatic N) is 1. The Bertz CT molecular complexity index is 316. The molecule has 0 radical (unpaired) electrons. The second kappa shape index (κ2) is 5.12. The van der Waals surface area contributed by atoms with Crippen LogP contribution < -0.4 is 0 Å². The van der Waals surface area contributed by atoms with E-state index in [0.717, 1.165) is 13.0 Å². The molecule has 84 valence electrons. The van der Waals surface area contributed by atoms with E-state index in [4.69, 9.17) is 0 Å². The molecule has 0 unspecified atom stereocenters. The van der Waals surface area contributed by atoms with Gasteiger partial charge in [-0.05, 0) is 31.7 Å². The van der Waals surface area contributed by atoms with E-state index in [1.54, 1.807) is 16.2 Å². The molecule has 1 aromatic rings. The van der Waals surface area contributed by atoms with E-state index >= 15 is 0 Å². The van der Waals surface area contributed by atoms with Crippen molar-refractivity contribution in [2.45, 2.75) is 24.6 Å². The smallest absolute Gasteiger partial charge is 0.238 e. The van der Waals surface area contributed by atoms with E-state index in [9.17, 15) is 4.79 Å². The van der Waals surface area contributed by atoms with Gasteiger partial charge in [-0.15, -0.1) is 11.3 Å². The Morgan fingerprint density at radius 3 is 2.73 bits per heavy atom. The zero-order valence-corrected chi connectivity index (χ0v) is 11.7. The molecule has 0 bridgehead atoms. The molecule has 1 rings (SSSR count). The molecule has 15 heavy (non-hydrogen) atoms. The normalized spacial score (nSPS) is 11.5. The highest BCUT2D eigenvalue weighted by Crippen LogP contribution is 2.19. The largest absolute Gasteiger partial charge is 0.344 e. The molecule has 1 aromatic heterocycles. The first-order chi connectivity index (χ1) is 6.91. The van der Waals surface area contributed by atoms with Gasteiger partial charge in [-0.25, -0.2) is 0 Å². The molecule has 0 saturated carbocycles. The summed E-state index contributed by atoms with van der Waals surface area (Å²) >= 11 is 5.11. The van der Waals surface area contributed by atoms with E-state index in [-0.39, 0.29) is 5.91 Å². The van der Waals surface area contributed by atoms with Crippen LogP contribution in [0.1, 0.15) is 18.7 Å². The van der Waals surface area contributed by atoms with Crippen molar-refractivity contribution in [1.29, 1.82) is 0 Å². The van der Waals surface area contributed by atoms with Gasteiger partial charge < -0.3 is 4.90 Å². The predicted octanol–water partition coefficient (Wildman–Crippen LogP) is 2.92. The standard InChI is InChI=1S/C11H16BrNOS/c1-11(2,12)10(14)13(3)7-6-9-5-4-8-15-9/h4-5,8H,6-7H2,1-3H3. The maximum Gasteiger partial charge on any atom is 0.238 e. The van der Waals surface area contributed by atoms with Crippen molar-refractivity contribution in [3.8, 4) is 0 Å². The lowest BCUT2D eigenvalue weighted by molar-refractivity contribution is -0.131. The van der Waals surface area contributed by atoms with Crippen LogP contribution in [0.3, 0.4) is 0 Å². The fourth-order valence-corrected chi connectivity index (χ4v) is 2.29. The number of likely N-dealkylation sites (N-methyl/N-ethyl adjacent to an activating group) is 1. The number of hydrogen-bond donors (Lipinski definition) is 0. The van der Waals surface area contributed by atoms with Gasteiger partial charge in [0.15, 0.2) is 0 Å². The molecule has 0 atom stereocenters. The maximum absolute atomic E-state index is 11.8. The highest BCUT2D eigenvalue weighted by molar-refractivity contribution is 9.10. The summed E-state index contributed by atoms with van der Waals surface area (Å²) in [5, 5.41) is 2.06. The Morgan fingerprint density at radius 2 is 2.27 bits per heavy atom. The first-order valence-corrected chi connectivity index (χ1v) is 6.55. The van der Waals surface area contributed by atoms with E-state index in [0.29, 0.717) is 0 Å². The summed E-state index contributed by atoms with van der Waals surface area (Å²) < 4.78 is -0.461. The van der Waals surface area contributed by atoms with Crippen molar-refractivity contribution in [3.05, 3.63) is 22.4 Å². The molecular weight excluding hydrogens is 274 g/mol. The van der Waals surface area contributed by atoms with E-state index in [2.05, 4.69) is 27.4 Å². The first kappa shape index (κ1) is 12.7. The minimum absolute atomic E-state index is 0.124. The number of carbonyl (C=O) groups is 1. The molecule has 0 aliphatic heterocycles. The van der Waals surface area contributed by atoms with Gasteiger partial charge in [0.25, 0.3) is 0 Å². The van der Waals surface area contributed by atoms with E-state index in [1.807, 2.05) is 27.0 Å². The summed E-state index contributed by atoms with van der Waals surface area (Å²) in [5.41, 5.74) is 0. The average molecular weight is 290 g/mol. The summed E-state index contributed by atoms with van der Waals surface area (Å²) in [6, 6.07) is 4.14. The zero-order chi connectivity index (χ0) is 11.5. The van der Waals surface area contributed by atoms with Gasteiger partial charge in [0.2, 0.25) is 5.91 Å². The number of hydrogen-bond acceptors (Lipinski definition) is 2. The highest BCUT2D eigenvalue weighted by Gasteiger charge is 2.26. The number of rotatable bonds is 4. The van der Waals surface area contributed by atoms with Crippen molar-refractivity contribution in [1.82, 2.24) is 4.90 Å². The van der Waals surface area contributed by atoms with Crippen molar-refractivity contribution in [3.63, 3.8) is 0 Å².